The van der Waals surface area contributed by atoms with Gasteiger partial charge < -0.3 is 9.47 Å². The molecule has 3 heterocycles. The van der Waals surface area contributed by atoms with Gasteiger partial charge in [0.25, 0.3) is 5.91 Å². The second-order valence-corrected chi connectivity index (χ2v) is 9.15. The van der Waals surface area contributed by atoms with Crippen molar-refractivity contribution in [3.63, 3.8) is 0 Å². The minimum Gasteiger partial charge on any atom is -0.497 e. The summed E-state index contributed by atoms with van der Waals surface area (Å²) in [5.41, 5.74) is 2.27. The summed E-state index contributed by atoms with van der Waals surface area (Å²) in [5.74, 6) is 0.640. The van der Waals surface area contributed by atoms with Gasteiger partial charge in [-0.15, -0.1) is 11.3 Å². The van der Waals surface area contributed by atoms with Crippen LogP contribution in [0.1, 0.15) is 23.3 Å². The molecule has 0 unspecified atom stereocenters. The summed E-state index contributed by atoms with van der Waals surface area (Å²) in [6.45, 7) is 1.22. The van der Waals surface area contributed by atoms with Crippen molar-refractivity contribution in [1.29, 1.82) is 0 Å². The third-order valence-electron chi connectivity index (χ3n) is 5.23. The van der Waals surface area contributed by atoms with Crippen LogP contribution in [0.5, 0.6) is 5.75 Å². The monoisotopic (exact) mass is 451 g/mol. The molecular formula is C23H21N3O3S2. The standard InChI is InChI=1S/C23H21N3O3S2/c1-28-16-10-8-15(9-11-16)21-24-19(14-30-21)22(27)26(13-17-5-4-12-29-17)23-25-18-6-2-3-7-20(18)31-23/h2-3,6-11,14,17H,4-5,12-13H2,1H3/t17-/m0/s1. The van der Waals surface area contributed by atoms with Crippen LogP contribution in [0.2, 0.25) is 0 Å². The number of carbonyl (C=O) groups is 1. The number of nitrogens with zero attached hydrogens (tertiary/aromatic N) is 3. The SMILES string of the molecule is COc1ccc(-c2nc(C(=O)N(C[C@@H]3CCCO3)c3nc4ccccc4s3)cs2)cc1. The number of methoxy groups -OCH3 is 1. The summed E-state index contributed by atoms with van der Waals surface area (Å²) in [6.07, 6.45) is 1.99. The summed E-state index contributed by atoms with van der Waals surface area (Å²) in [6, 6.07) is 15.6. The van der Waals surface area contributed by atoms with Crippen molar-refractivity contribution < 1.29 is 14.3 Å². The number of benzene rings is 2. The highest BCUT2D eigenvalue weighted by atomic mass is 32.1. The van der Waals surface area contributed by atoms with Crippen LogP contribution < -0.4 is 9.64 Å². The number of aromatic nitrogens is 2. The molecule has 4 aromatic rings. The molecule has 1 fully saturated rings. The third-order valence-corrected chi connectivity index (χ3v) is 7.18. The highest BCUT2D eigenvalue weighted by Crippen LogP contribution is 2.32. The van der Waals surface area contributed by atoms with Crippen LogP contribution in [0.25, 0.3) is 20.8 Å². The van der Waals surface area contributed by atoms with Gasteiger partial charge in [0.15, 0.2) is 5.13 Å². The van der Waals surface area contributed by atoms with Crippen LogP contribution in [0.3, 0.4) is 0 Å². The lowest BCUT2D eigenvalue weighted by molar-refractivity contribution is 0.0914. The number of amides is 1. The molecule has 1 saturated heterocycles. The molecule has 158 valence electrons. The van der Waals surface area contributed by atoms with Gasteiger partial charge in [-0.3, -0.25) is 9.69 Å². The molecule has 2 aromatic heterocycles. The van der Waals surface area contributed by atoms with Crippen molar-refractivity contribution in [2.24, 2.45) is 0 Å². The van der Waals surface area contributed by atoms with Crippen molar-refractivity contribution in [2.45, 2.75) is 18.9 Å². The lowest BCUT2D eigenvalue weighted by Gasteiger charge is -2.22. The first-order valence-electron chi connectivity index (χ1n) is 10.1. The van der Waals surface area contributed by atoms with Crippen molar-refractivity contribution in [3.8, 4) is 16.3 Å². The first-order valence-corrected chi connectivity index (χ1v) is 11.8. The Morgan fingerprint density at radius 3 is 2.77 bits per heavy atom. The van der Waals surface area contributed by atoms with Crippen molar-refractivity contribution >= 4 is 43.9 Å². The lowest BCUT2D eigenvalue weighted by Crippen LogP contribution is -2.37. The van der Waals surface area contributed by atoms with Crippen molar-refractivity contribution in [2.75, 3.05) is 25.2 Å². The topological polar surface area (TPSA) is 64.5 Å². The molecule has 0 aliphatic carbocycles. The fraction of sp³-hybridized carbons (Fsp3) is 0.261. The van der Waals surface area contributed by atoms with E-state index in [-0.39, 0.29) is 12.0 Å². The molecule has 0 bridgehead atoms. The smallest absolute Gasteiger partial charge is 0.279 e. The maximum Gasteiger partial charge on any atom is 0.279 e. The van der Waals surface area contributed by atoms with Gasteiger partial charge in [-0.2, -0.15) is 0 Å². The highest BCUT2D eigenvalue weighted by Gasteiger charge is 2.28. The minimum absolute atomic E-state index is 0.0238. The molecule has 0 saturated carbocycles. The average molecular weight is 452 g/mol. The Kier molecular flexibility index (Phi) is 5.67. The maximum atomic E-state index is 13.5. The van der Waals surface area contributed by atoms with Crippen LogP contribution >= 0.6 is 22.7 Å². The molecule has 1 amide bonds. The predicted molar refractivity (Wildman–Crippen MR) is 124 cm³/mol. The predicted octanol–water partition coefficient (Wildman–Crippen LogP) is 5.25. The number of anilines is 1. The van der Waals surface area contributed by atoms with E-state index in [1.807, 2.05) is 53.9 Å². The van der Waals surface area contributed by atoms with Gasteiger partial charge in [0, 0.05) is 17.6 Å². The van der Waals surface area contributed by atoms with Crippen LogP contribution in [0.4, 0.5) is 5.13 Å². The fourth-order valence-corrected chi connectivity index (χ4v) is 5.36. The van der Waals surface area contributed by atoms with E-state index in [9.17, 15) is 4.79 Å². The molecule has 0 N–H and O–H groups in total. The van der Waals surface area contributed by atoms with Gasteiger partial charge >= 0.3 is 0 Å². The molecular weight excluding hydrogens is 430 g/mol. The molecule has 6 nitrogen and oxygen atoms in total. The number of hydrogen-bond acceptors (Lipinski definition) is 7. The molecule has 8 heteroatoms. The second kappa shape index (κ2) is 8.74. The van der Waals surface area contributed by atoms with E-state index in [0.717, 1.165) is 46.0 Å². The molecule has 1 aliphatic heterocycles. The zero-order valence-corrected chi connectivity index (χ0v) is 18.6. The van der Waals surface area contributed by atoms with Crippen LogP contribution in [0.15, 0.2) is 53.9 Å². The molecule has 0 spiro atoms. The second-order valence-electron chi connectivity index (χ2n) is 7.28. The zero-order chi connectivity index (χ0) is 21.2. The quantitative estimate of drug-likeness (QED) is 0.400. The van der Waals surface area contributed by atoms with E-state index in [1.54, 1.807) is 12.0 Å². The summed E-state index contributed by atoms with van der Waals surface area (Å²) in [5, 5.41) is 3.30. The number of hydrogen-bond donors (Lipinski definition) is 0. The zero-order valence-electron chi connectivity index (χ0n) is 17.0. The Labute approximate surface area is 188 Å². The largest absolute Gasteiger partial charge is 0.497 e. The van der Waals surface area contributed by atoms with E-state index in [0.29, 0.717) is 17.4 Å². The Morgan fingerprint density at radius 2 is 2.03 bits per heavy atom. The van der Waals surface area contributed by atoms with Crippen molar-refractivity contribution in [1.82, 2.24) is 9.97 Å². The van der Waals surface area contributed by atoms with E-state index >= 15 is 0 Å². The summed E-state index contributed by atoms with van der Waals surface area (Å²) in [7, 11) is 1.64. The van der Waals surface area contributed by atoms with Crippen LogP contribution in [0, 0.1) is 0 Å². The first-order chi connectivity index (χ1) is 15.2. The van der Waals surface area contributed by atoms with Gasteiger partial charge in [-0.25, -0.2) is 9.97 Å². The Bertz CT molecular complexity index is 1160. The molecule has 0 radical (unpaired) electrons. The van der Waals surface area contributed by atoms with Gasteiger partial charge in [0.2, 0.25) is 0 Å². The van der Waals surface area contributed by atoms with Crippen LogP contribution in [-0.4, -0.2) is 42.2 Å². The van der Waals surface area contributed by atoms with E-state index in [4.69, 9.17) is 14.5 Å². The molecule has 5 rings (SSSR count). The summed E-state index contributed by atoms with van der Waals surface area (Å²) in [4.78, 5) is 24.6. The number of ether oxygens (including phenoxy) is 2. The number of thiazole rings is 2. The van der Waals surface area contributed by atoms with E-state index in [2.05, 4.69) is 4.98 Å². The fourth-order valence-electron chi connectivity index (χ4n) is 3.59. The number of para-hydroxylation sites is 1. The Morgan fingerprint density at radius 1 is 1.19 bits per heavy atom. The summed E-state index contributed by atoms with van der Waals surface area (Å²) >= 11 is 2.98. The normalized spacial score (nSPS) is 16.0. The third kappa shape index (κ3) is 4.19. The maximum absolute atomic E-state index is 13.5. The molecule has 1 aliphatic rings. The Balaban J connectivity index is 1.45. The lowest BCUT2D eigenvalue weighted by atomic mass is 10.2. The van der Waals surface area contributed by atoms with Gasteiger partial charge in [0.05, 0.1) is 30.0 Å². The minimum atomic E-state index is -0.148. The molecule has 31 heavy (non-hydrogen) atoms. The first kappa shape index (κ1) is 20.1. The number of fused-ring (bicyclic) bond motifs is 1. The van der Waals surface area contributed by atoms with E-state index in [1.165, 1.54) is 22.7 Å². The van der Waals surface area contributed by atoms with Crippen molar-refractivity contribution in [3.05, 3.63) is 59.6 Å². The number of rotatable bonds is 6. The highest BCUT2D eigenvalue weighted by molar-refractivity contribution is 7.22. The molecule has 2 aromatic carbocycles. The Hall–Kier alpha value is -2.81. The van der Waals surface area contributed by atoms with Gasteiger partial charge in [-0.05, 0) is 49.2 Å². The number of carbonyl (C=O) groups excluding carboxylic acids is 1. The van der Waals surface area contributed by atoms with Gasteiger partial charge in [0.1, 0.15) is 16.5 Å². The summed E-state index contributed by atoms with van der Waals surface area (Å²) < 4.78 is 12.1. The van der Waals surface area contributed by atoms with Gasteiger partial charge in [-0.1, -0.05) is 23.5 Å². The van der Waals surface area contributed by atoms with Crippen LogP contribution in [-0.2, 0) is 4.74 Å². The average Bonchev–Trinajstić information content (AvgIpc) is 3.57. The van der Waals surface area contributed by atoms with E-state index < -0.39 is 0 Å². The molecule has 1 atom stereocenters.